The number of rotatable bonds is 5. The van der Waals surface area contributed by atoms with Crippen molar-refractivity contribution in [2.24, 2.45) is 0 Å². The number of carbonyl (C=O) groups excluding carboxylic acids is 1. The zero-order valence-corrected chi connectivity index (χ0v) is 13.5. The SMILES string of the molecule is CC(C)(C)Oc1ccccc1NC(=O)NCC(O)c1ccco1. The van der Waals surface area contributed by atoms with Crippen LogP contribution in [0.1, 0.15) is 32.6 Å². The third-order valence-corrected chi connectivity index (χ3v) is 2.88. The van der Waals surface area contributed by atoms with Crippen LogP contribution in [0.25, 0.3) is 0 Å². The second-order valence-corrected chi connectivity index (χ2v) is 6.08. The van der Waals surface area contributed by atoms with E-state index < -0.39 is 12.1 Å². The van der Waals surface area contributed by atoms with E-state index in [9.17, 15) is 9.90 Å². The van der Waals surface area contributed by atoms with E-state index in [0.29, 0.717) is 17.2 Å². The van der Waals surface area contributed by atoms with Gasteiger partial charge in [-0.05, 0) is 45.0 Å². The van der Waals surface area contributed by atoms with Crippen molar-refractivity contribution in [2.75, 3.05) is 11.9 Å². The number of para-hydroxylation sites is 2. The molecule has 6 heteroatoms. The van der Waals surface area contributed by atoms with Gasteiger partial charge in [-0.25, -0.2) is 4.79 Å². The topological polar surface area (TPSA) is 83.7 Å². The fourth-order valence-electron chi connectivity index (χ4n) is 1.93. The normalized spacial score (nSPS) is 12.5. The molecule has 1 heterocycles. The fourth-order valence-corrected chi connectivity index (χ4v) is 1.93. The van der Waals surface area contributed by atoms with Gasteiger partial charge in [0.15, 0.2) is 0 Å². The summed E-state index contributed by atoms with van der Waals surface area (Å²) in [5, 5.41) is 15.2. The second kappa shape index (κ2) is 7.19. The van der Waals surface area contributed by atoms with Crippen LogP contribution in [0.3, 0.4) is 0 Å². The molecule has 1 aromatic heterocycles. The van der Waals surface area contributed by atoms with E-state index in [4.69, 9.17) is 9.15 Å². The maximum absolute atomic E-state index is 12.0. The highest BCUT2D eigenvalue weighted by atomic mass is 16.5. The Morgan fingerprint density at radius 1 is 1.26 bits per heavy atom. The molecule has 2 amide bonds. The summed E-state index contributed by atoms with van der Waals surface area (Å²) in [6.07, 6.45) is 0.579. The van der Waals surface area contributed by atoms with Gasteiger partial charge in [-0.1, -0.05) is 12.1 Å². The second-order valence-electron chi connectivity index (χ2n) is 6.08. The van der Waals surface area contributed by atoms with Gasteiger partial charge in [-0.15, -0.1) is 0 Å². The maximum atomic E-state index is 12.0. The van der Waals surface area contributed by atoms with Gasteiger partial charge in [0.05, 0.1) is 18.5 Å². The first kappa shape index (κ1) is 16.9. The predicted octanol–water partition coefficient (Wildman–Crippen LogP) is 3.31. The van der Waals surface area contributed by atoms with Gasteiger partial charge in [0.25, 0.3) is 0 Å². The third-order valence-electron chi connectivity index (χ3n) is 2.88. The smallest absolute Gasteiger partial charge is 0.319 e. The fraction of sp³-hybridized carbons (Fsp3) is 0.353. The molecular formula is C17H22N2O4. The highest BCUT2D eigenvalue weighted by molar-refractivity contribution is 5.90. The molecule has 23 heavy (non-hydrogen) atoms. The molecule has 124 valence electrons. The lowest BCUT2D eigenvalue weighted by Gasteiger charge is -2.23. The van der Waals surface area contributed by atoms with Crippen molar-refractivity contribution in [3.05, 3.63) is 48.4 Å². The summed E-state index contributed by atoms with van der Waals surface area (Å²) in [7, 11) is 0. The van der Waals surface area contributed by atoms with Gasteiger partial charge in [-0.2, -0.15) is 0 Å². The summed E-state index contributed by atoms with van der Waals surface area (Å²) in [5.74, 6) is 0.989. The Bertz CT molecular complexity index is 632. The van der Waals surface area contributed by atoms with Crippen LogP contribution in [-0.4, -0.2) is 23.3 Å². The number of carbonyl (C=O) groups is 1. The summed E-state index contributed by atoms with van der Waals surface area (Å²) in [6.45, 7) is 5.85. The van der Waals surface area contributed by atoms with Gasteiger partial charge in [0.1, 0.15) is 23.2 Å². The van der Waals surface area contributed by atoms with Crippen molar-refractivity contribution in [3.63, 3.8) is 0 Å². The molecule has 3 N–H and O–H groups in total. The summed E-state index contributed by atoms with van der Waals surface area (Å²) in [4.78, 5) is 12.0. The largest absolute Gasteiger partial charge is 0.486 e. The van der Waals surface area contributed by atoms with Crippen molar-refractivity contribution < 1.29 is 19.1 Å². The van der Waals surface area contributed by atoms with Crippen LogP contribution in [0.4, 0.5) is 10.5 Å². The van der Waals surface area contributed by atoms with Crippen LogP contribution in [-0.2, 0) is 0 Å². The van der Waals surface area contributed by atoms with Crippen molar-refractivity contribution in [1.29, 1.82) is 0 Å². The standard InChI is InChI=1S/C17H22N2O4/c1-17(2,3)23-14-8-5-4-7-12(14)19-16(21)18-11-13(20)15-9-6-10-22-15/h4-10,13,20H,11H2,1-3H3,(H2,18,19,21). The van der Waals surface area contributed by atoms with E-state index >= 15 is 0 Å². The van der Waals surface area contributed by atoms with E-state index in [1.165, 1.54) is 6.26 Å². The van der Waals surface area contributed by atoms with Crippen LogP contribution in [0.15, 0.2) is 47.1 Å². The minimum atomic E-state index is -0.892. The van der Waals surface area contributed by atoms with Gasteiger partial charge in [-0.3, -0.25) is 0 Å². The molecular weight excluding hydrogens is 296 g/mol. The van der Waals surface area contributed by atoms with Crippen molar-refractivity contribution in [1.82, 2.24) is 5.32 Å². The minimum Gasteiger partial charge on any atom is -0.486 e. The zero-order valence-electron chi connectivity index (χ0n) is 13.5. The molecule has 1 atom stereocenters. The van der Waals surface area contributed by atoms with Crippen LogP contribution in [0, 0.1) is 0 Å². The average molecular weight is 318 g/mol. The minimum absolute atomic E-state index is 0.0433. The lowest BCUT2D eigenvalue weighted by molar-refractivity contribution is 0.132. The Morgan fingerprint density at radius 2 is 2.00 bits per heavy atom. The van der Waals surface area contributed by atoms with Gasteiger partial charge < -0.3 is 24.9 Å². The van der Waals surface area contributed by atoms with Gasteiger partial charge in [0.2, 0.25) is 0 Å². The Labute approximate surface area is 135 Å². The van der Waals surface area contributed by atoms with Crippen LogP contribution in [0.2, 0.25) is 0 Å². The number of amides is 2. The van der Waals surface area contributed by atoms with Crippen LogP contribution >= 0.6 is 0 Å². The molecule has 0 saturated carbocycles. The third kappa shape index (κ3) is 5.34. The van der Waals surface area contributed by atoms with Gasteiger partial charge >= 0.3 is 6.03 Å². The highest BCUT2D eigenvalue weighted by Crippen LogP contribution is 2.27. The molecule has 0 saturated heterocycles. The molecule has 6 nitrogen and oxygen atoms in total. The molecule has 0 radical (unpaired) electrons. The molecule has 0 aliphatic heterocycles. The van der Waals surface area contributed by atoms with E-state index in [-0.39, 0.29) is 12.1 Å². The summed E-state index contributed by atoms with van der Waals surface area (Å²) >= 11 is 0. The number of urea groups is 1. The van der Waals surface area contributed by atoms with Crippen molar-refractivity contribution >= 4 is 11.7 Å². The zero-order chi connectivity index (χ0) is 16.9. The molecule has 1 aromatic carbocycles. The van der Waals surface area contributed by atoms with E-state index in [1.807, 2.05) is 32.9 Å². The maximum Gasteiger partial charge on any atom is 0.319 e. The number of aliphatic hydroxyl groups is 1. The average Bonchev–Trinajstić information content (AvgIpc) is 2.99. The predicted molar refractivity (Wildman–Crippen MR) is 87.5 cm³/mol. The summed E-state index contributed by atoms with van der Waals surface area (Å²) in [6, 6.07) is 10.1. The highest BCUT2D eigenvalue weighted by Gasteiger charge is 2.16. The lowest BCUT2D eigenvalue weighted by atomic mass is 10.2. The molecule has 2 aromatic rings. The van der Waals surface area contributed by atoms with E-state index in [1.54, 1.807) is 24.3 Å². The molecule has 1 unspecified atom stereocenters. The Hall–Kier alpha value is -2.47. The quantitative estimate of drug-likeness (QED) is 0.789. The lowest BCUT2D eigenvalue weighted by Crippen LogP contribution is -2.32. The number of furan rings is 1. The molecule has 0 bridgehead atoms. The number of hydrogen-bond acceptors (Lipinski definition) is 4. The van der Waals surface area contributed by atoms with Crippen molar-refractivity contribution in [3.8, 4) is 5.75 Å². The molecule has 0 spiro atoms. The molecule has 0 aliphatic rings. The number of benzene rings is 1. The first-order valence-corrected chi connectivity index (χ1v) is 7.39. The van der Waals surface area contributed by atoms with E-state index in [2.05, 4.69) is 10.6 Å². The van der Waals surface area contributed by atoms with Crippen LogP contribution < -0.4 is 15.4 Å². The number of anilines is 1. The number of aliphatic hydroxyl groups excluding tert-OH is 1. The van der Waals surface area contributed by atoms with E-state index in [0.717, 1.165) is 0 Å². The molecule has 2 rings (SSSR count). The Morgan fingerprint density at radius 3 is 2.65 bits per heavy atom. The number of hydrogen-bond donors (Lipinski definition) is 3. The Balaban J connectivity index is 1.93. The number of ether oxygens (including phenoxy) is 1. The van der Waals surface area contributed by atoms with Crippen molar-refractivity contribution in [2.45, 2.75) is 32.5 Å². The molecule has 0 fully saturated rings. The number of nitrogens with one attached hydrogen (secondary N) is 2. The van der Waals surface area contributed by atoms with Crippen LogP contribution in [0.5, 0.6) is 5.75 Å². The summed E-state index contributed by atoms with van der Waals surface area (Å²) in [5.41, 5.74) is 0.191. The van der Waals surface area contributed by atoms with Gasteiger partial charge in [0, 0.05) is 0 Å². The molecule has 0 aliphatic carbocycles. The first-order valence-electron chi connectivity index (χ1n) is 7.39. The first-order chi connectivity index (χ1) is 10.8. The Kier molecular flexibility index (Phi) is 5.28. The summed E-state index contributed by atoms with van der Waals surface area (Å²) < 4.78 is 10.9. The monoisotopic (exact) mass is 318 g/mol.